The van der Waals surface area contributed by atoms with Gasteiger partial charge in [-0.3, -0.25) is 4.79 Å². The number of esters is 1. The Labute approximate surface area is 179 Å². The van der Waals surface area contributed by atoms with Crippen LogP contribution in [0.5, 0.6) is 0 Å². The first-order chi connectivity index (χ1) is 14.3. The van der Waals surface area contributed by atoms with Crippen LogP contribution in [0.2, 0.25) is 0 Å². The molecule has 0 aliphatic rings. The summed E-state index contributed by atoms with van der Waals surface area (Å²) in [5, 5.41) is 2.90. The molecular formula is C25H31NO4. The molecule has 5 nitrogen and oxygen atoms in total. The number of rotatable bonds is 8. The fraction of sp³-hybridized carbons (Fsp3) is 0.360. The van der Waals surface area contributed by atoms with Gasteiger partial charge < -0.3 is 14.8 Å². The number of hydrogen-bond donors (Lipinski definition) is 1. The standard InChI is InChI=1S/C25H31NO4/c1-25(2,3)30-24(28)26-22(18-20-13-9-6-10-14-20)16-15-21(23(27)29-4)17-19-11-7-5-8-12-19/h5-16,21-22H,17-18H2,1-4H3,(H,26,28)/b16-15-/t21-,22-/m1/s1. The van der Waals surface area contributed by atoms with Gasteiger partial charge in [-0.2, -0.15) is 0 Å². The van der Waals surface area contributed by atoms with Crippen molar-refractivity contribution in [3.05, 3.63) is 83.9 Å². The maximum absolute atomic E-state index is 12.3. The van der Waals surface area contributed by atoms with E-state index in [1.54, 1.807) is 0 Å². The third-order valence-corrected chi connectivity index (χ3v) is 4.38. The third kappa shape index (κ3) is 8.52. The Morgan fingerprint density at radius 3 is 1.93 bits per heavy atom. The van der Waals surface area contributed by atoms with Crippen molar-refractivity contribution in [3.63, 3.8) is 0 Å². The molecule has 160 valence electrons. The van der Waals surface area contributed by atoms with Crippen LogP contribution in [0.1, 0.15) is 31.9 Å². The Bertz CT molecular complexity index is 825. The first-order valence-corrected chi connectivity index (χ1v) is 10.1. The first kappa shape index (κ1) is 23.2. The minimum absolute atomic E-state index is 0.314. The van der Waals surface area contributed by atoms with Crippen LogP contribution in [0.15, 0.2) is 72.8 Å². The molecule has 2 rings (SSSR count). The van der Waals surface area contributed by atoms with Crippen molar-refractivity contribution < 1.29 is 19.1 Å². The van der Waals surface area contributed by atoms with E-state index >= 15 is 0 Å². The van der Waals surface area contributed by atoms with Crippen molar-refractivity contribution in [1.29, 1.82) is 0 Å². The number of carbonyl (C=O) groups is 2. The third-order valence-electron chi connectivity index (χ3n) is 4.38. The molecule has 0 heterocycles. The zero-order valence-corrected chi connectivity index (χ0v) is 18.1. The summed E-state index contributed by atoms with van der Waals surface area (Å²) in [6, 6.07) is 19.3. The van der Waals surface area contributed by atoms with E-state index in [4.69, 9.17) is 9.47 Å². The van der Waals surface area contributed by atoms with Gasteiger partial charge in [-0.1, -0.05) is 72.8 Å². The number of benzene rings is 2. The quantitative estimate of drug-likeness (QED) is 0.507. The number of amides is 1. The Morgan fingerprint density at radius 1 is 0.900 bits per heavy atom. The van der Waals surface area contributed by atoms with Gasteiger partial charge in [-0.15, -0.1) is 0 Å². The number of nitrogens with one attached hydrogen (secondary N) is 1. The average molecular weight is 410 g/mol. The molecule has 0 bridgehead atoms. The van der Waals surface area contributed by atoms with Crippen LogP contribution in [0.25, 0.3) is 0 Å². The van der Waals surface area contributed by atoms with E-state index in [0.29, 0.717) is 12.8 Å². The second-order valence-corrected chi connectivity index (χ2v) is 8.15. The summed E-state index contributed by atoms with van der Waals surface area (Å²) < 4.78 is 10.4. The normalized spacial score (nSPS) is 13.5. The van der Waals surface area contributed by atoms with Crippen LogP contribution in [0.4, 0.5) is 4.79 Å². The van der Waals surface area contributed by atoms with Crippen molar-refractivity contribution >= 4 is 12.1 Å². The highest BCUT2D eigenvalue weighted by molar-refractivity contribution is 5.75. The molecule has 1 amide bonds. The number of carbonyl (C=O) groups excluding carboxylic acids is 2. The summed E-state index contributed by atoms with van der Waals surface area (Å²) in [4.78, 5) is 24.6. The first-order valence-electron chi connectivity index (χ1n) is 10.1. The second-order valence-electron chi connectivity index (χ2n) is 8.15. The maximum atomic E-state index is 12.3. The van der Waals surface area contributed by atoms with Gasteiger partial charge >= 0.3 is 12.1 Å². The van der Waals surface area contributed by atoms with Crippen LogP contribution in [-0.2, 0) is 27.1 Å². The lowest BCUT2D eigenvalue weighted by molar-refractivity contribution is -0.143. The number of methoxy groups -OCH3 is 1. The summed E-state index contributed by atoms with van der Waals surface area (Å²) in [7, 11) is 1.38. The zero-order chi connectivity index (χ0) is 22.0. The van der Waals surface area contributed by atoms with Crippen molar-refractivity contribution in [2.24, 2.45) is 5.92 Å². The molecule has 2 aromatic carbocycles. The molecule has 0 unspecified atom stereocenters. The molecule has 0 aromatic heterocycles. The number of hydrogen-bond acceptors (Lipinski definition) is 4. The van der Waals surface area contributed by atoms with E-state index in [0.717, 1.165) is 11.1 Å². The predicted octanol–water partition coefficient (Wildman–Crippen LogP) is 4.71. The van der Waals surface area contributed by atoms with Gasteiger partial charge in [-0.25, -0.2) is 4.79 Å². The molecule has 2 aromatic rings. The highest BCUT2D eigenvalue weighted by Gasteiger charge is 2.21. The van der Waals surface area contributed by atoms with E-state index < -0.39 is 17.6 Å². The van der Waals surface area contributed by atoms with Crippen molar-refractivity contribution in [2.45, 2.75) is 45.3 Å². The van der Waals surface area contributed by atoms with E-state index in [1.165, 1.54) is 7.11 Å². The summed E-state index contributed by atoms with van der Waals surface area (Å²) in [5.74, 6) is -0.762. The Morgan fingerprint density at radius 2 is 1.43 bits per heavy atom. The van der Waals surface area contributed by atoms with Gasteiger partial charge in [0.15, 0.2) is 0 Å². The van der Waals surface area contributed by atoms with Gasteiger partial charge in [0.05, 0.1) is 19.1 Å². The monoisotopic (exact) mass is 409 g/mol. The molecule has 0 fully saturated rings. The summed E-state index contributed by atoms with van der Waals surface area (Å²) in [6.45, 7) is 5.46. The molecule has 0 saturated heterocycles. The van der Waals surface area contributed by atoms with Crippen LogP contribution < -0.4 is 5.32 Å². The topological polar surface area (TPSA) is 64.6 Å². The van der Waals surface area contributed by atoms with Crippen LogP contribution in [0, 0.1) is 5.92 Å². The predicted molar refractivity (Wildman–Crippen MR) is 118 cm³/mol. The highest BCUT2D eigenvalue weighted by Crippen LogP contribution is 2.14. The lowest BCUT2D eigenvalue weighted by atomic mass is 9.97. The van der Waals surface area contributed by atoms with Crippen LogP contribution in [-0.4, -0.2) is 30.8 Å². The molecule has 5 heteroatoms. The van der Waals surface area contributed by atoms with Crippen molar-refractivity contribution in [1.82, 2.24) is 5.32 Å². The second kappa shape index (κ2) is 11.2. The van der Waals surface area contributed by atoms with Crippen LogP contribution >= 0.6 is 0 Å². The smallest absolute Gasteiger partial charge is 0.408 e. The van der Waals surface area contributed by atoms with E-state index in [2.05, 4.69) is 5.32 Å². The molecule has 0 aliphatic carbocycles. The van der Waals surface area contributed by atoms with Gasteiger partial charge in [0, 0.05) is 0 Å². The zero-order valence-electron chi connectivity index (χ0n) is 18.1. The number of alkyl carbamates (subject to hydrolysis) is 1. The Kier molecular flexibility index (Phi) is 8.66. The average Bonchev–Trinajstić information content (AvgIpc) is 2.70. The summed E-state index contributed by atoms with van der Waals surface area (Å²) in [5.41, 5.74) is 1.52. The summed E-state index contributed by atoms with van der Waals surface area (Å²) >= 11 is 0. The van der Waals surface area contributed by atoms with Gasteiger partial charge in [0.1, 0.15) is 5.60 Å². The Hall–Kier alpha value is -3.08. The molecule has 0 saturated carbocycles. The summed E-state index contributed by atoms with van der Waals surface area (Å²) in [6.07, 6.45) is 4.26. The molecule has 0 radical (unpaired) electrons. The largest absolute Gasteiger partial charge is 0.469 e. The van der Waals surface area contributed by atoms with E-state index in [-0.39, 0.29) is 12.0 Å². The SMILES string of the molecule is COC(=O)[C@H](/C=C\[C@H](Cc1ccccc1)NC(=O)OC(C)(C)C)Cc1ccccc1. The van der Waals surface area contributed by atoms with Crippen LogP contribution in [0.3, 0.4) is 0 Å². The Balaban J connectivity index is 2.18. The molecular weight excluding hydrogens is 378 g/mol. The van der Waals surface area contributed by atoms with Crippen molar-refractivity contribution in [3.8, 4) is 0 Å². The lowest BCUT2D eigenvalue weighted by Crippen LogP contribution is -2.39. The maximum Gasteiger partial charge on any atom is 0.408 e. The fourth-order valence-electron chi connectivity index (χ4n) is 3.01. The minimum Gasteiger partial charge on any atom is -0.469 e. The number of ether oxygens (including phenoxy) is 2. The van der Waals surface area contributed by atoms with E-state index in [9.17, 15) is 9.59 Å². The van der Waals surface area contributed by atoms with Gasteiger partial charge in [0.25, 0.3) is 0 Å². The molecule has 0 aliphatic heterocycles. The fourth-order valence-corrected chi connectivity index (χ4v) is 3.01. The molecule has 0 spiro atoms. The van der Waals surface area contributed by atoms with Gasteiger partial charge in [-0.05, 0) is 44.7 Å². The molecule has 1 N–H and O–H groups in total. The highest BCUT2D eigenvalue weighted by atomic mass is 16.6. The van der Waals surface area contributed by atoms with Gasteiger partial charge in [0.2, 0.25) is 0 Å². The van der Waals surface area contributed by atoms with Crippen molar-refractivity contribution in [2.75, 3.05) is 7.11 Å². The minimum atomic E-state index is -0.590. The lowest BCUT2D eigenvalue weighted by Gasteiger charge is -2.22. The van der Waals surface area contributed by atoms with E-state index in [1.807, 2.05) is 93.6 Å². The molecule has 30 heavy (non-hydrogen) atoms. The molecule has 2 atom stereocenters.